The first-order valence-electron chi connectivity index (χ1n) is 7.39. The lowest BCUT2D eigenvalue weighted by atomic mass is 9.97. The Labute approximate surface area is 121 Å². The van der Waals surface area contributed by atoms with Crippen LogP contribution in [0, 0.1) is 12.7 Å². The second-order valence-corrected chi connectivity index (χ2v) is 5.96. The van der Waals surface area contributed by atoms with Crippen molar-refractivity contribution in [2.75, 3.05) is 33.7 Å². The minimum Gasteiger partial charge on any atom is -0.329 e. The maximum absolute atomic E-state index is 13.4. The average Bonchev–Trinajstić information content (AvgIpc) is 2.44. The number of nitrogens with two attached hydrogens (primary N) is 1. The van der Waals surface area contributed by atoms with E-state index < -0.39 is 0 Å². The third kappa shape index (κ3) is 3.37. The minimum absolute atomic E-state index is 0.147. The van der Waals surface area contributed by atoms with Crippen molar-refractivity contribution in [3.8, 4) is 0 Å². The molecule has 0 bridgehead atoms. The van der Waals surface area contributed by atoms with Gasteiger partial charge in [-0.05, 0) is 64.1 Å². The van der Waals surface area contributed by atoms with E-state index in [4.69, 9.17) is 5.73 Å². The number of likely N-dealkylation sites (tertiary alicyclic amines) is 1. The highest BCUT2D eigenvalue weighted by molar-refractivity contribution is 5.27. The van der Waals surface area contributed by atoms with E-state index in [-0.39, 0.29) is 11.9 Å². The van der Waals surface area contributed by atoms with Crippen LogP contribution in [0.5, 0.6) is 0 Å². The lowest BCUT2D eigenvalue weighted by Crippen LogP contribution is -2.45. The van der Waals surface area contributed by atoms with E-state index in [0.717, 1.165) is 18.7 Å². The Morgan fingerprint density at radius 3 is 2.60 bits per heavy atom. The molecule has 1 fully saturated rings. The standard InChI is InChI=1S/C16H26FN3/c1-12-10-13(4-5-15(12)17)16(11-18)20(3)14-6-8-19(2)9-7-14/h4-5,10,14,16H,6-9,11,18H2,1-3H3. The van der Waals surface area contributed by atoms with Gasteiger partial charge in [0.15, 0.2) is 0 Å². The van der Waals surface area contributed by atoms with Gasteiger partial charge in [0.2, 0.25) is 0 Å². The minimum atomic E-state index is -0.147. The Bertz CT molecular complexity index is 441. The number of hydrogen-bond acceptors (Lipinski definition) is 3. The monoisotopic (exact) mass is 279 g/mol. The van der Waals surface area contributed by atoms with E-state index in [9.17, 15) is 4.39 Å². The van der Waals surface area contributed by atoms with Crippen LogP contribution in [0.2, 0.25) is 0 Å². The lowest BCUT2D eigenvalue weighted by Gasteiger charge is -2.39. The third-order valence-corrected chi connectivity index (χ3v) is 4.55. The molecule has 1 aromatic carbocycles. The average molecular weight is 279 g/mol. The fraction of sp³-hybridized carbons (Fsp3) is 0.625. The Hall–Kier alpha value is -0.970. The molecule has 4 heteroatoms. The molecule has 1 aliphatic heterocycles. The molecule has 2 rings (SSSR count). The van der Waals surface area contributed by atoms with Crippen molar-refractivity contribution in [3.05, 3.63) is 35.1 Å². The van der Waals surface area contributed by atoms with Crippen molar-refractivity contribution in [2.45, 2.75) is 31.8 Å². The summed E-state index contributed by atoms with van der Waals surface area (Å²) in [5, 5.41) is 0. The van der Waals surface area contributed by atoms with Gasteiger partial charge in [0.25, 0.3) is 0 Å². The molecular formula is C16H26FN3. The van der Waals surface area contributed by atoms with Crippen LogP contribution in [-0.4, -0.2) is 49.6 Å². The molecule has 0 spiro atoms. The lowest BCUT2D eigenvalue weighted by molar-refractivity contribution is 0.109. The zero-order valence-corrected chi connectivity index (χ0v) is 12.8. The molecule has 1 unspecified atom stereocenters. The molecular weight excluding hydrogens is 253 g/mol. The highest BCUT2D eigenvalue weighted by atomic mass is 19.1. The molecule has 0 radical (unpaired) electrons. The smallest absolute Gasteiger partial charge is 0.126 e. The van der Waals surface area contributed by atoms with Gasteiger partial charge in [0.05, 0.1) is 0 Å². The summed E-state index contributed by atoms with van der Waals surface area (Å²) in [5.74, 6) is -0.147. The van der Waals surface area contributed by atoms with Crippen molar-refractivity contribution in [1.82, 2.24) is 9.80 Å². The van der Waals surface area contributed by atoms with Crippen LogP contribution in [0.15, 0.2) is 18.2 Å². The molecule has 1 heterocycles. The fourth-order valence-corrected chi connectivity index (χ4v) is 3.07. The first-order chi connectivity index (χ1) is 9.52. The summed E-state index contributed by atoms with van der Waals surface area (Å²) in [6, 6.07) is 6.08. The molecule has 1 aromatic rings. The van der Waals surface area contributed by atoms with E-state index >= 15 is 0 Å². The summed E-state index contributed by atoms with van der Waals surface area (Å²) in [7, 11) is 4.31. The summed E-state index contributed by atoms with van der Waals surface area (Å²) in [4.78, 5) is 4.74. The predicted octanol–water partition coefficient (Wildman–Crippen LogP) is 2.16. The Kier molecular flexibility index (Phi) is 5.13. The number of hydrogen-bond donors (Lipinski definition) is 1. The van der Waals surface area contributed by atoms with Gasteiger partial charge < -0.3 is 10.6 Å². The quantitative estimate of drug-likeness (QED) is 0.917. The van der Waals surface area contributed by atoms with Gasteiger partial charge in [0, 0.05) is 18.6 Å². The molecule has 1 aliphatic rings. The van der Waals surface area contributed by atoms with Gasteiger partial charge in [0.1, 0.15) is 5.82 Å². The van der Waals surface area contributed by atoms with Crippen LogP contribution in [0.4, 0.5) is 4.39 Å². The van der Waals surface area contributed by atoms with Gasteiger partial charge in [-0.15, -0.1) is 0 Å². The van der Waals surface area contributed by atoms with Crippen LogP contribution in [0.3, 0.4) is 0 Å². The highest BCUT2D eigenvalue weighted by Gasteiger charge is 2.26. The summed E-state index contributed by atoms with van der Waals surface area (Å²) < 4.78 is 13.4. The second-order valence-electron chi connectivity index (χ2n) is 5.96. The number of rotatable bonds is 4. The molecule has 2 N–H and O–H groups in total. The van der Waals surface area contributed by atoms with Gasteiger partial charge in [-0.1, -0.05) is 12.1 Å². The molecule has 1 saturated heterocycles. The summed E-state index contributed by atoms with van der Waals surface area (Å²) in [5.41, 5.74) is 7.79. The number of halogens is 1. The van der Waals surface area contributed by atoms with Gasteiger partial charge >= 0.3 is 0 Å². The molecule has 112 valence electrons. The largest absolute Gasteiger partial charge is 0.329 e. The Morgan fingerprint density at radius 1 is 1.40 bits per heavy atom. The molecule has 0 aromatic heterocycles. The maximum atomic E-state index is 13.4. The second kappa shape index (κ2) is 6.66. The van der Waals surface area contributed by atoms with E-state index in [1.165, 1.54) is 12.8 Å². The van der Waals surface area contributed by atoms with Crippen molar-refractivity contribution in [2.24, 2.45) is 5.73 Å². The van der Waals surface area contributed by atoms with Crippen molar-refractivity contribution < 1.29 is 4.39 Å². The van der Waals surface area contributed by atoms with Crippen LogP contribution in [0.1, 0.15) is 30.0 Å². The first kappa shape index (κ1) is 15.4. The summed E-state index contributed by atoms with van der Waals surface area (Å²) in [6.45, 7) is 4.64. The predicted molar refractivity (Wildman–Crippen MR) is 81.2 cm³/mol. The Morgan fingerprint density at radius 2 is 2.05 bits per heavy atom. The van der Waals surface area contributed by atoms with E-state index in [1.54, 1.807) is 6.07 Å². The zero-order valence-electron chi connectivity index (χ0n) is 12.8. The van der Waals surface area contributed by atoms with Crippen LogP contribution in [0.25, 0.3) is 0 Å². The van der Waals surface area contributed by atoms with Crippen molar-refractivity contribution in [3.63, 3.8) is 0 Å². The fourth-order valence-electron chi connectivity index (χ4n) is 3.07. The molecule has 0 saturated carbocycles. The van der Waals surface area contributed by atoms with Crippen molar-refractivity contribution in [1.29, 1.82) is 0 Å². The zero-order chi connectivity index (χ0) is 14.7. The molecule has 1 atom stereocenters. The molecule has 3 nitrogen and oxygen atoms in total. The van der Waals surface area contributed by atoms with E-state index in [0.29, 0.717) is 18.2 Å². The molecule has 0 aliphatic carbocycles. The van der Waals surface area contributed by atoms with Gasteiger partial charge in [-0.25, -0.2) is 4.39 Å². The first-order valence-corrected chi connectivity index (χ1v) is 7.39. The normalized spacial score (nSPS) is 19.5. The van der Waals surface area contributed by atoms with Crippen LogP contribution >= 0.6 is 0 Å². The summed E-state index contributed by atoms with van der Waals surface area (Å²) >= 11 is 0. The maximum Gasteiger partial charge on any atom is 0.126 e. The Balaban J connectivity index is 2.12. The SMILES string of the molecule is Cc1cc(C(CN)N(C)C2CCN(C)CC2)ccc1F. The van der Waals surface area contributed by atoms with Gasteiger partial charge in [-0.3, -0.25) is 4.90 Å². The topological polar surface area (TPSA) is 32.5 Å². The number of likely N-dealkylation sites (N-methyl/N-ethyl adjacent to an activating group) is 1. The van der Waals surface area contributed by atoms with Crippen molar-refractivity contribution >= 4 is 0 Å². The highest BCUT2D eigenvalue weighted by Crippen LogP contribution is 2.26. The molecule has 20 heavy (non-hydrogen) atoms. The summed E-state index contributed by atoms with van der Waals surface area (Å²) in [6.07, 6.45) is 2.34. The van der Waals surface area contributed by atoms with E-state index in [1.807, 2.05) is 19.1 Å². The number of aryl methyl sites for hydroxylation is 1. The van der Waals surface area contributed by atoms with Crippen LogP contribution in [-0.2, 0) is 0 Å². The van der Waals surface area contributed by atoms with Gasteiger partial charge in [-0.2, -0.15) is 0 Å². The number of piperidine rings is 1. The third-order valence-electron chi connectivity index (χ3n) is 4.55. The van der Waals surface area contributed by atoms with E-state index in [2.05, 4.69) is 23.9 Å². The number of nitrogens with zero attached hydrogens (tertiary/aromatic N) is 2. The molecule has 0 amide bonds. The van der Waals surface area contributed by atoms with Crippen LogP contribution < -0.4 is 5.73 Å². The number of benzene rings is 1.